The molecule has 1 fully saturated rings. The average Bonchev–Trinajstić information content (AvgIpc) is 3.54. The maximum Gasteiger partial charge on any atom is 0.103 e. The third kappa shape index (κ3) is 7.06. The molecule has 0 radical (unpaired) electrons. The van der Waals surface area contributed by atoms with E-state index < -0.39 is 0 Å². The number of hydrogen-bond donors (Lipinski definition) is 4. The number of halogens is 3. The number of nitrogens with one attached hydrogen (secondary N) is 4. The van der Waals surface area contributed by atoms with Crippen molar-refractivity contribution in [3.63, 3.8) is 0 Å². The number of anilines is 3. The van der Waals surface area contributed by atoms with E-state index in [1.807, 2.05) is 36.4 Å². The Labute approximate surface area is 289 Å². The molecule has 3 heterocycles. The summed E-state index contributed by atoms with van der Waals surface area (Å²) in [6.45, 7) is 8.87. The highest BCUT2D eigenvalue weighted by atomic mass is 35.5. The minimum Gasteiger partial charge on any atom is -0.373 e. The number of likely N-dealkylation sites (tertiary alicyclic amines) is 1. The Bertz CT molecular complexity index is 1910. The van der Waals surface area contributed by atoms with Crippen molar-refractivity contribution in [3.8, 4) is 12.1 Å². The van der Waals surface area contributed by atoms with Gasteiger partial charge in [-0.1, -0.05) is 46.9 Å². The maximum absolute atomic E-state index is 9.99. The number of pyridine rings is 1. The Balaban J connectivity index is 1.34. The molecule has 1 atom stereocenters. The van der Waals surface area contributed by atoms with Crippen LogP contribution in [-0.4, -0.2) is 39.6 Å². The summed E-state index contributed by atoms with van der Waals surface area (Å²) < 4.78 is 0. The molecule has 0 bridgehead atoms. The highest BCUT2D eigenvalue weighted by Crippen LogP contribution is 2.38. The third-order valence-corrected chi connectivity index (χ3v) is 9.50. The van der Waals surface area contributed by atoms with Crippen molar-refractivity contribution >= 4 is 62.8 Å². The smallest absolute Gasteiger partial charge is 0.103 e. The molecule has 47 heavy (non-hydrogen) atoms. The van der Waals surface area contributed by atoms with Crippen LogP contribution in [0.1, 0.15) is 56.3 Å². The molecule has 4 aromatic rings. The summed E-state index contributed by atoms with van der Waals surface area (Å²) >= 11 is 19.4. The van der Waals surface area contributed by atoms with Crippen molar-refractivity contribution in [2.75, 3.05) is 23.7 Å². The number of benzene rings is 3. The molecule has 0 unspecified atom stereocenters. The van der Waals surface area contributed by atoms with Gasteiger partial charge in [0.1, 0.15) is 12.1 Å². The SMILES string of the molecule is CC(C)(C)N1CCC(N2C=C([C@@H](Nc3cc(Cl)c4ncc(C#N)c(Nc5ccc(C#N)c(Cl)c5)c4c3)c3ccc(Cl)cc3)NN2)CC1. The van der Waals surface area contributed by atoms with Crippen LogP contribution in [0, 0.1) is 22.7 Å². The van der Waals surface area contributed by atoms with Crippen LogP contribution < -0.4 is 21.6 Å². The lowest BCUT2D eigenvalue weighted by Crippen LogP contribution is -2.52. The lowest BCUT2D eigenvalue weighted by atomic mass is 9.98. The fourth-order valence-electron chi connectivity index (χ4n) is 6.05. The zero-order chi connectivity index (χ0) is 33.3. The van der Waals surface area contributed by atoms with Crippen LogP contribution in [0.3, 0.4) is 0 Å². The number of hydrogen-bond acceptors (Lipinski definition) is 9. The van der Waals surface area contributed by atoms with Crippen molar-refractivity contribution < 1.29 is 0 Å². The summed E-state index contributed by atoms with van der Waals surface area (Å²) in [5, 5.41) is 30.4. The maximum atomic E-state index is 9.99. The van der Waals surface area contributed by atoms with Crippen LogP contribution >= 0.6 is 34.8 Å². The van der Waals surface area contributed by atoms with Gasteiger partial charge in [-0.3, -0.25) is 14.9 Å². The zero-order valence-electron chi connectivity index (χ0n) is 26.2. The summed E-state index contributed by atoms with van der Waals surface area (Å²) in [6, 6.07) is 20.8. The molecule has 6 rings (SSSR count). The Morgan fingerprint density at radius 2 is 1.62 bits per heavy atom. The first-order valence-corrected chi connectivity index (χ1v) is 16.4. The van der Waals surface area contributed by atoms with Gasteiger partial charge in [0.05, 0.1) is 44.1 Å². The van der Waals surface area contributed by atoms with Crippen molar-refractivity contribution in [1.29, 1.82) is 10.5 Å². The molecule has 2 aliphatic heterocycles. The van der Waals surface area contributed by atoms with Crippen molar-refractivity contribution in [3.05, 3.63) is 104 Å². The second-order valence-corrected chi connectivity index (χ2v) is 13.9. The zero-order valence-corrected chi connectivity index (χ0v) is 28.5. The monoisotopic (exact) mass is 685 g/mol. The summed E-state index contributed by atoms with van der Waals surface area (Å²) in [6.07, 6.45) is 5.71. The van der Waals surface area contributed by atoms with Crippen LogP contribution in [-0.2, 0) is 0 Å². The normalized spacial score (nSPS) is 16.3. The molecule has 0 amide bonds. The predicted octanol–water partition coefficient (Wildman–Crippen LogP) is 8.26. The van der Waals surface area contributed by atoms with E-state index in [1.54, 1.807) is 18.2 Å². The van der Waals surface area contributed by atoms with Gasteiger partial charge in [0.15, 0.2) is 0 Å². The van der Waals surface area contributed by atoms with Crippen LogP contribution in [0.25, 0.3) is 10.9 Å². The topological polar surface area (TPSA) is 115 Å². The lowest BCUT2D eigenvalue weighted by Gasteiger charge is -2.42. The number of nitriles is 2. The lowest BCUT2D eigenvalue weighted by molar-refractivity contribution is 0.0570. The first kappa shape index (κ1) is 32.7. The molecule has 0 saturated carbocycles. The molecule has 240 valence electrons. The Hall–Kier alpha value is -4.22. The highest BCUT2D eigenvalue weighted by Gasteiger charge is 2.32. The number of aromatic nitrogens is 1. The van der Waals surface area contributed by atoms with Gasteiger partial charge in [0, 0.05) is 58.9 Å². The number of fused-ring (bicyclic) bond motifs is 1. The van der Waals surface area contributed by atoms with Gasteiger partial charge in [0.25, 0.3) is 0 Å². The largest absolute Gasteiger partial charge is 0.373 e. The minimum atomic E-state index is -0.297. The molecule has 1 saturated heterocycles. The first-order valence-electron chi connectivity index (χ1n) is 15.3. The van der Waals surface area contributed by atoms with E-state index in [4.69, 9.17) is 34.8 Å². The molecule has 4 N–H and O–H groups in total. The summed E-state index contributed by atoms with van der Waals surface area (Å²) in [4.78, 5) is 7.03. The van der Waals surface area contributed by atoms with E-state index in [0.717, 1.165) is 42.9 Å². The quantitative estimate of drug-likeness (QED) is 0.153. The summed E-state index contributed by atoms with van der Waals surface area (Å²) in [5.41, 5.74) is 11.9. The molecular weight excluding hydrogens is 653 g/mol. The Morgan fingerprint density at radius 3 is 2.28 bits per heavy atom. The van der Waals surface area contributed by atoms with Crippen molar-refractivity contribution in [1.82, 2.24) is 25.9 Å². The minimum absolute atomic E-state index is 0.154. The fraction of sp³-hybridized carbons (Fsp3) is 0.286. The molecule has 1 aromatic heterocycles. The Kier molecular flexibility index (Phi) is 9.39. The first-order chi connectivity index (χ1) is 22.5. The van der Waals surface area contributed by atoms with Gasteiger partial charge in [-0.05, 0) is 81.6 Å². The molecule has 9 nitrogen and oxygen atoms in total. The van der Waals surface area contributed by atoms with Gasteiger partial charge in [-0.2, -0.15) is 10.5 Å². The number of nitrogens with zero attached hydrogens (tertiary/aromatic N) is 5. The van der Waals surface area contributed by atoms with Crippen molar-refractivity contribution in [2.24, 2.45) is 0 Å². The van der Waals surface area contributed by atoms with Crippen LogP contribution in [0.15, 0.2) is 72.7 Å². The molecule has 3 aromatic carbocycles. The van der Waals surface area contributed by atoms with E-state index in [-0.39, 0.29) is 11.6 Å². The summed E-state index contributed by atoms with van der Waals surface area (Å²) in [5.74, 6) is 0. The highest BCUT2D eigenvalue weighted by molar-refractivity contribution is 6.36. The van der Waals surface area contributed by atoms with Gasteiger partial charge in [0.2, 0.25) is 0 Å². The van der Waals surface area contributed by atoms with Gasteiger partial charge in [-0.15, -0.1) is 5.53 Å². The van der Waals surface area contributed by atoms with E-state index in [9.17, 15) is 10.5 Å². The molecule has 0 spiro atoms. The second kappa shape index (κ2) is 13.5. The van der Waals surface area contributed by atoms with Gasteiger partial charge < -0.3 is 16.1 Å². The second-order valence-electron chi connectivity index (χ2n) is 12.7. The molecule has 2 aliphatic rings. The van der Waals surface area contributed by atoms with Crippen LogP contribution in [0.5, 0.6) is 0 Å². The van der Waals surface area contributed by atoms with Crippen LogP contribution in [0.4, 0.5) is 17.1 Å². The Morgan fingerprint density at radius 1 is 0.915 bits per heavy atom. The van der Waals surface area contributed by atoms with E-state index in [0.29, 0.717) is 54.5 Å². The summed E-state index contributed by atoms with van der Waals surface area (Å²) in [7, 11) is 0. The third-order valence-electron chi connectivity index (χ3n) is 8.64. The number of rotatable bonds is 7. The molecular formula is C35H34Cl3N9. The molecule has 0 aliphatic carbocycles. The van der Waals surface area contributed by atoms with Crippen molar-refractivity contribution in [2.45, 2.75) is 51.2 Å². The standard InChI is InChI=1S/C35H34Cl3N9/c1-35(2,3)46-12-10-27(11-13-46)47-20-31(44-45-47)33(21-4-7-24(36)8-5-21)43-26-14-28-32(23(18-40)19-41-34(28)30(38)16-26)42-25-9-6-22(17-39)29(37)15-25/h4-9,14-16,19-20,27,33,43-45H,10-13H2,1-3H3,(H,41,42)/t33-/m0/s1. The van der Waals surface area contributed by atoms with Gasteiger partial charge in [-0.25, -0.2) is 0 Å². The van der Waals surface area contributed by atoms with E-state index in [2.05, 4.69) is 75.6 Å². The molecule has 12 heteroatoms. The number of piperidine rings is 1. The van der Waals surface area contributed by atoms with E-state index in [1.165, 1.54) is 6.20 Å². The van der Waals surface area contributed by atoms with Crippen LogP contribution in [0.2, 0.25) is 15.1 Å². The predicted molar refractivity (Wildman–Crippen MR) is 189 cm³/mol. The van der Waals surface area contributed by atoms with E-state index >= 15 is 0 Å². The fourth-order valence-corrected chi connectivity index (χ4v) is 6.67. The van der Waals surface area contributed by atoms with Gasteiger partial charge >= 0.3 is 0 Å². The number of hydrazine groups is 2. The average molecular weight is 687 g/mol.